The number of rotatable bonds is 6. The first kappa shape index (κ1) is 22.9. The van der Waals surface area contributed by atoms with Crippen molar-refractivity contribution >= 4 is 62.9 Å². The van der Waals surface area contributed by atoms with E-state index in [2.05, 4.69) is 5.43 Å². The van der Waals surface area contributed by atoms with Crippen LogP contribution in [0.1, 0.15) is 18.3 Å². The smallest absolute Gasteiger partial charge is 0.275 e. The van der Waals surface area contributed by atoms with Gasteiger partial charge in [-0.2, -0.15) is 5.01 Å². The van der Waals surface area contributed by atoms with Crippen molar-refractivity contribution < 1.29 is 14.3 Å². The molecular weight excluding hydrogens is 480 g/mol. The number of carbonyl (C=O) groups is 2. The van der Waals surface area contributed by atoms with E-state index in [0.29, 0.717) is 23.6 Å². The number of hydrogen-bond acceptors (Lipinski definition) is 8. The van der Waals surface area contributed by atoms with Crippen molar-refractivity contribution in [2.24, 2.45) is 0 Å². The molecule has 0 saturated heterocycles. The average Bonchev–Trinajstić information content (AvgIpc) is 3.51. The molecule has 4 aromatic rings. The minimum Gasteiger partial charge on any atom is -0.497 e. The molecule has 0 spiro atoms. The fourth-order valence-corrected chi connectivity index (χ4v) is 5.30. The molecule has 0 saturated carbocycles. The Balaban J connectivity index is 0.00000259. The second-order valence-corrected chi connectivity index (χ2v) is 9.05. The summed E-state index contributed by atoms with van der Waals surface area (Å²) in [5.41, 5.74) is 5.32. The lowest BCUT2D eigenvalue weighted by Gasteiger charge is -2.18. The summed E-state index contributed by atoms with van der Waals surface area (Å²) >= 11 is 3.12. The van der Waals surface area contributed by atoms with Gasteiger partial charge < -0.3 is 4.74 Å². The molecule has 33 heavy (non-hydrogen) atoms. The minimum absolute atomic E-state index is 0. The van der Waals surface area contributed by atoms with Crippen LogP contribution in [0.4, 0.5) is 5.82 Å². The van der Waals surface area contributed by atoms with Crippen molar-refractivity contribution in [3.8, 4) is 16.2 Å². The SMILES string of the molecule is COc1cccc(Cc2nc(NN3C(=O)C=C(C)C3=O)c3c(-c4cccs4)csc3n2)c1.Cl. The first-order valence-electron chi connectivity index (χ1n) is 9.82. The Labute approximate surface area is 204 Å². The number of amides is 2. The molecule has 1 aliphatic heterocycles. The third kappa shape index (κ3) is 4.35. The lowest BCUT2D eigenvalue weighted by atomic mass is 10.1. The van der Waals surface area contributed by atoms with Crippen LogP contribution in [-0.2, 0) is 16.0 Å². The number of carbonyl (C=O) groups excluding carboxylic acids is 2. The van der Waals surface area contributed by atoms with Gasteiger partial charge in [0.15, 0.2) is 5.82 Å². The molecule has 3 aromatic heterocycles. The molecule has 168 valence electrons. The molecule has 10 heteroatoms. The van der Waals surface area contributed by atoms with Crippen molar-refractivity contribution in [1.29, 1.82) is 0 Å². The first-order valence-corrected chi connectivity index (χ1v) is 11.6. The van der Waals surface area contributed by atoms with Crippen LogP contribution in [0.25, 0.3) is 20.7 Å². The fraction of sp³-hybridized carbons (Fsp3) is 0.130. The number of hydrogen-bond donors (Lipinski definition) is 1. The van der Waals surface area contributed by atoms with Crippen LogP contribution >= 0.6 is 35.1 Å². The highest BCUT2D eigenvalue weighted by Gasteiger charge is 2.30. The van der Waals surface area contributed by atoms with Crippen LogP contribution in [0.5, 0.6) is 5.75 Å². The van der Waals surface area contributed by atoms with Crippen LogP contribution in [0.3, 0.4) is 0 Å². The molecule has 4 heterocycles. The second-order valence-electron chi connectivity index (χ2n) is 7.24. The molecular formula is C23H19ClN4O3S2. The van der Waals surface area contributed by atoms with Crippen LogP contribution in [-0.4, -0.2) is 33.9 Å². The number of anilines is 1. The zero-order valence-corrected chi connectivity index (χ0v) is 20.1. The number of nitrogens with one attached hydrogen (secondary N) is 1. The topological polar surface area (TPSA) is 84.4 Å². The van der Waals surface area contributed by atoms with Crippen molar-refractivity contribution in [2.75, 3.05) is 12.5 Å². The summed E-state index contributed by atoms with van der Waals surface area (Å²) in [4.78, 5) is 36.2. The maximum Gasteiger partial charge on any atom is 0.275 e. The van der Waals surface area contributed by atoms with Gasteiger partial charge in [0.2, 0.25) is 0 Å². The zero-order chi connectivity index (χ0) is 22.2. The highest BCUT2D eigenvalue weighted by atomic mass is 35.5. The molecule has 0 fully saturated rings. The van der Waals surface area contributed by atoms with Gasteiger partial charge in [0.1, 0.15) is 16.4 Å². The van der Waals surface area contributed by atoms with Crippen molar-refractivity contribution in [1.82, 2.24) is 15.0 Å². The van der Waals surface area contributed by atoms with Crippen molar-refractivity contribution in [2.45, 2.75) is 13.3 Å². The molecule has 1 aliphatic rings. The summed E-state index contributed by atoms with van der Waals surface area (Å²) in [6.45, 7) is 1.62. The minimum atomic E-state index is -0.415. The van der Waals surface area contributed by atoms with Crippen LogP contribution < -0.4 is 10.2 Å². The molecule has 0 aliphatic carbocycles. The van der Waals surface area contributed by atoms with Gasteiger partial charge in [0.05, 0.1) is 12.5 Å². The predicted molar refractivity (Wildman–Crippen MR) is 133 cm³/mol. The lowest BCUT2D eigenvalue weighted by molar-refractivity contribution is -0.135. The third-order valence-electron chi connectivity index (χ3n) is 5.08. The zero-order valence-electron chi connectivity index (χ0n) is 17.7. The quantitative estimate of drug-likeness (QED) is 0.373. The van der Waals surface area contributed by atoms with Crippen LogP contribution in [0, 0.1) is 0 Å². The third-order valence-corrected chi connectivity index (χ3v) is 6.86. The number of nitrogens with zero attached hydrogens (tertiary/aromatic N) is 3. The van der Waals surface area contributed by atoms with E-state index in [1.54, 1.807) is 25.4 Å². The summed E-state index contributed by atoms with van der Waals surface area (Å²) in [7, 11) is 1.63. The maximum absolute atomic E-state index is 12.5. The Kier molecular flexibility index (Phi) is 6.46. The van der Waals surface area contributed by atoms with Gasteiger partial charge in [-0.3, -0.25) is 15.0 Å². The summed E-state index contributed by atoms with van der Waals surface area (Å²) < 4.78 is 5.32. The van der Waals surface area contributed by atoms with Gasteiger partial charge in [-0.05, 0) is 36.1 Å². The number of imide groups is 1. The van der Waals surface area contributed by atoms with E-state index in [-0.39, 0.29) is 18.3 Å². The van der Waals surface area contributed by atoms with E-state index < -0.39 is 5.91 Å². The van der Waals surface area contributed by atoms with E-state index in [9.17, 15) is 9.59 Å². The molecule has 0 unspecified atom stereocenters. The molecule has 1 N–H and O–H groups in total. The number of benzene rings is 1. The van der Waals surface area contributed by atoms with Gasteiger partial charge in [-0.25, -0.2) is 9.97 Å². The molecule has 5 rings (SSSR count). The Morgan fingerprint density at radius 2 is 1.97 bits per heavy atom. The van der Waals surface area contributed by atoms with Gasteiger partial charge in [-0.15, -0.1) is 35.1 Å². The molecule has 0 radical (unpaired) electrons. The predicted octanol–water partition coefficient (Wildman–Crippen LogP) is 5.08. The van der Waals surface area contributed by atoms with Gasteiger partial charge >= 0.3 is 0 Å². The Morgan fingerprint density at radius 1 is 1.12 bits per heavy atom. The number of fused-ring (bicyclic) bond motifs is 1. The highest BCUT2D eigenvalue weighted by Crippen LogP contribution is 2.39. The summed E-state index contributed by atoms with van der Waals surface area (Å²) in [5, 5.41) is 5.83. The largest absolute Gasteiger partial charge is 0.497 e. The molecule has 1 aromatic carbocycles. The van der Waals surface area contributed by atoms with E-state index in [0.717, 1.165) is 37.0 Å². The Hall–Kier alpha value is -3.27. The monoisotopic (exact) mass is 498 g/mol. The summed E-state index contributed by atoms with van der Waals surface area (Å²) in [5.74, 6) is 0.970. The number of hydrazine groups is 1. The van der Waals surface area contributed by atoms with Crippen molar-refractivity contribution in [3.05, 3.63) is 70.2 Å². The normalized spacial score (nSPS) is 13.3. The number of methoxy groups -OCH3 is 1. The Bertz CT molecular complexity index is 1380. The number of halogens is 1. The summed E-state index contributed by atoms with van der Waals surface area (Å²) in [6.07, 6.45) is 1.80. The number of aromatic nitrogens is 2. The summed E-state index contributed by atoms with van der Waals surface area (Å²) in [6, 6.07) is 11.7. The molecule has 2 amide bonds. The average molecular weight is 499 g/mol. The maximum atomic E-state index is 12.5. The van der Waals surface area contributed by atoms with E-state index in [1.807, 2.05) is 47.2 Å². The van der Waals surface area contributed by atoms with E-state index >= 15 is 0 Å². The second kappa shape index (κ2) is 9.30. The standard InChI is InChI=1S/C23H18N4O3S2.ClH/c1-13-9-19(28)27(23(13)29)26-21-20-16(17-7-4-8-31-17)12-32-22(20)25-18(24-21)11-14-5-3-6-15(10-14)30-2;/h3-10,12H,11H2,1-2H3,(H,24,25,26);1H. The Morgan fingerprint density at radius 3 is 2.67 bits per heavy atom. The molecule has 7 nitrogen and oxygen atoms in total. The van der Waals surface area contributed by atoms with E-state index in [1.165, 1.54) is 17.4 Å². The molecule has 0 bridgehead atoms. The first-order chi connectivity index (χ1) is 15.5. The lowest BCUT2D eigenvalue weighted by Crippen LogP contribution is -2.36. The van der Waals surface area contributed by atoms with Gasteiger partial charge in [-0.1, -0.05) is 18.2 Å². The van der Waals surface area contributed by atoms with Gasteiger partial charge in [0, 0.05) is 33.9 Å². The van der Waals surface area contributed by atoms with Crippen LogP contribution in [0.15, 0.2) is 58.8 Å². The van der Waals surface area contributed by atoms with Crippen LogP contribution in [0.2, 0.25) is 0 Å². The van der Waals surface area contributed by atoms with Gasteiger partial charge in [0.25, 0.3) is 11.8 Å². The fourth-order valence-electron chi connectivity index (χ4n) is 3.52. The highest BCUT2D eigenvalue weighted by molar-refractivity contribution is 7.18. The van der Waals surface area contributed by atoms with E-state index in [4.69, 9.17) is 14.7 Å². The number of ether oxygens (including phenoxy) is 1. The molecule has 0 atom stereocenters. The number of thiophene rings is 2. The van der Waals surface area contributed by atoms with Crippen molar-refractivity contribution in [3.63, 3.8) is 0 Å².